The van der Waals surface area contributed by atoms with Crippen LogP contribution in [0.5, 0.6) is 0 Å². The van der Waals surface area contributed by atoms with Crippen molar-refractivity contribution in [2.45, 2.75) is 76.0 Å². The maximum atomic E-state index is 13.4. The molecule has 6 fully saturated rings. The molecule has 6 aliphatic rings. The van der Waals surface area contributed by atoms with Gasteiger partial charge in [-0.3, -0.25) is 4.79 Å². The number of carbonyl (C=O) groups is 3. The van der Waals surface area contributed by atoms with E-state index in [0.29, 0.717) is 0 Å². The van der Waals surface area contributed by atoms with E-state index >= 15 is 0 Å². The first-order valence-corrected chi connectivity index (χ1v) is 10.2. The third-order valence-electron chi connectivity index (χ3n) is 9.00. The number of ether oxygens (including phenoxy) is 4. The summed E-state index contributed by atoms with van der Waals surface area (Å²) in [7, 11) is 0. The third kappa shape index (κ3) is 1.33. The molecular formula is C20H24O10. The molecule has 3 N–H and O–H groups in total. The van der Waals surface area contributed by atoms with Gasteiger partial charge < -0.3 is 34.3 Å². The van der Waals surface area contributed by atoms with Gasteiger partial charge in [0.2, 0.25) is 11.9 Å². The molecule has 30 heavy (non-hydrogen) atoms. The lowest BCUT2D eigenvalue weighted by atomic mass is 9.51. The Labute approximate surface area is 171 Å². The summed E-state index contributed by atoms with van der Waals surface area (Å²) in [6.45, 7) is 7.14. The predicted molar refractivity (Wildman–Crippen MR) is 92.0 cm³/mol. The minimum atomic E-state index is -2.24. The Hall–Kier alpha value is -1.75. The van der Waals surface area contributed by atoms with Gasteiger partial charge in [-0.05, 0) is 24.7 Å². The first-order valence-electron chi connectivity index (χ1n) is 10.2. The van der Waals surface area contributed by atoms with E-state index in [0.717, 1.165) is 0 Å². The molecule has 4 saturated heterocycles. The fourth-order valence-corrected chi connectivity index (χ4v) is 8.12. The van der Waals surface area contributed by atoms with E-state index in [9.17, 15) is 29.7 Å². The highest BCUT2D eigenvalue weighted by Gasteiger charge is 3.03. The van der Waals surface area contributed by atoms with Crippen LogP contribution >= 0.6 is 0 Å². The smallest absolute Gasteiger partial charge is 0.343 e. The van der Waals surface area contributed by atoms with Crippen LogP contribution in [0.4, 0.5) is 0 Å². The largest absolute Gasteiger partial charge is 0.459 e. The minimum Gasteiger partial charge on any atom is -0.459 e. The highest BCUT2D eigenvalue weighted by atomic mass is 16.8. The predicted octanol–water partition coefficient (Wildman–Crippen LogP) is -1.37. The van der Waals surface area contributed by atoms with Crippen molar-refractivity contribution in [2.75, 3.05) is 0 Å². The number of hydrogen-bond acceptors (Lipinski definition) is 10. The highest BCUT2D eigenvalue weighted by molar-refractivity contribution is 5.94. The number of fused-ring (bicyclic) bond motifs is 1. The number of rotatable bonds is 0. The van der Waals surface area contributed by atoms with Gasteiger partial charge in [0.1, 0.15) is 12.2 Å². The zero-order valence-electron chi connectivity index (χ0n) is 16.9. The van der Waals surface area contributed by atoms with Crippen LogP contribution < -0.4 is 0 Å². The van der Waals surface area contributed by atoms with E-state index in [1.807, 2.05) is 20.8 Å². The fourth-order valence-electron chi connectivity index (χ4n) is 8.12. The molecule has 4 heterocycles. The van der Waals surface area contributed by atoms with E-state index in [2.05, 4.69) is 0 Å². The Kier molecular flexibility index (Phi) is 2.97. The van der Waals surface area contributed by atoms with E-state index in [1.54, 1.807) is 0 Å². The van der Waals surface area contributed by atoms with Crippen molar-refractivity contribution in [3.63, 3.8) is 0 Å². The topological polar surface area (TPSA) is 149 Å². The monoisotopic (exact) mass is 424 g/mol. The lowest BCUT2D eigenvalue weighted by molar-refractivity contribution is -0.239. The van der Waals surface area contributed by atoms with E-state index in [-0.39, 0.29) is 6.42 Å². The summed E-state index contributed by atoms with van der Waals surface area (Å²) < 4.78 is 22.5. The van der Waals surface area contributed by atoms with Crippen molar-refractivity contribution in [1.82, 2.24) is 0 Å². The summed E-state index contributed by atoms with van der Waals surface area (Å²) in [5.74, 6) is -4.32. The summed E-state index contributed by atoms with van der Waals surface area (Å²) in [5.41, 5.74) is -8.26. The maximum absolute atomic E-state index is 13.4. The van der Waals surface area contributed by atoms with Crippen molar-refractivity contribution in [1.29, 1.82) is 0 Å². The zero-order valence-corrected chi connectivity index (χ0v) is 16.9. The Bertz CT molecular complexity index is 925. The summed E-state index contributed by atoms with van der Waals surface area (Å²) in [4.78, 5) is 38.2. The Morgan fingerprint density at radius 3 is 2.33 bits per heavy atom. The average Bonchev–Trinajstić information content (AvgIpc) is 3.35. The molecule has 164 valence electrons. The molecule has 2 aliphatic carbocycles. The quantitative estimate of drug-likeness (QED) is 0.314. The van der Waals surface area contributed by atoms with Crippen molar-refractivity contribution < 1.29 is 48.7 Å². The molecule has 10 heteroatoms. The first kappa shape index (κ1) is 19.0. The standard InChI is InChI=1S/C20H24O10/c1-6-12(23)28-11-9(21)18-8-5-7(16(2,3)4)17(18)10(22)13(24)29-15(17)30-20(18,14(25)27-8)19(6,11)26/h6-11,15,21-22,26H,5H2,1-4H3/t6-,7+,8-,9+,10+,11+,15+,17+,18+,19-,20+/m0/s1. The van der Waals surface area contributed by atoms with Crippen LogP contribution in [-0.2, 0) is 33.3 Å². The Morgan fingerprint density at radius 1 is 1.03 bits per heavy atom. The van der Waals surface area contributed by atoms with Gasteiger partial charge in [-0.25, -0.2) is 9.59 Å². The lowest BCUT2D eigenvalue weighted by Crippen LogP contribution is -2.67. The van der Waals surface area contributed by atoms with E-state index in [1.165, 1.54) is 6.92 Å². The van der Waals surface area contributed by atoms with Crippen LogP contribution in [0.2, 0.25) is 0 Å². The average molecular weight is 424 g/mol. The Morgan fingerprint density at radius 2 is 1.70 bits per heavy atom. The number of hydrogen-bond donors (Lipinski definition) is 3. The lowest BCUT2D eigenvalue weighted by Gasteiger charge is -2.47. The SMILES string of the molecule is C[C@H]1C(=O)O[C@@H]2[C@@H](O)[C@]34[C@@H]5C[C@H](C(C)(C)C)[C@@]36[C@H](OC(=O)[C@H]6O)O[C@@]4(C(=O)O5)[C@@]21O. The van der Waals surface area contributed by atoms with Crippen molar-refractivity contribution in [3.05, 3.63) is 0 Å². The molecule has 0 unspecified atom stereocenters. The molecule has 0 radical (unpaired) electrons. The summed E-state index contributed by atoms with van der Waals surface area (Å²) in [6.07, 6.45) is -6.91. The van der Waals surface area contributed by atoms with E-state index < -0.39 is 87.9 Å². The zero-order chi connectivity index (χ0) is 21.8. The molecular weight excluding hydrogens is 400 g/mol. The molecule has 0 aromatic rings. The molecule has 0 aromatic heterocycles. The van der Waals surface area contributed by atoms with Crippen LogP contribution in [0.15, 0.2) is 0 Å². The summed E-state index contributed by atoms with van der Waals surface area (Å²) >= 11 is 0. The van der Waals surface area contributed by atoms with E-state index in [4.69, 9.17) is 18.9 Å². The minimum absolute atomic E-state index is 0.229. The number of carbonyl (C=O) groups excluding carboxylic acids is 3. The molecule has 0 bridgehead atoms. The summed E-state index contributed by atoms with van der Waals surface area (Å²) in [6, 6.07) is 0. The van der Waals surface area contributed by atoms with Crippen LogP contribution in [0.3, 0.4) is 0 Å². The van der Waals surface area contributed by atoms with Gasteiger partial charge in [-0.2, -0.15) is 0 Å². The van der Waals surface area contributed by atoms with Crippen LogP contribution in [0.25, 0.3) is 0 Å². The summed E-state index contributed by atoms with van der Waals surface area (Å²) in [5, 5.41) is 34.7. The number of esters is 3. The molecule has 2 spiro atoms. The molecule has 0 amide bonds. The van der Waals surface area contributed by atoms with Gasteiger partial charge in [0.05, 0.1) is 16.7 Å². The van der Waals surface area contributed by atoms with Crippen molar-refractivity contribution >= 4 is 17.9 Å². The van der Waals surface area contributed by atoms with Crippen LogP contribution in [0, 0.1) is 28.1 Å². The first-order chi connectivity index (χ1) is 13.8. The second-order valence-electron chi connectivity index (χ2n) is 10.7. The third-order valence-corrected chi connectivity index (χ3v) is 9.00. The molecule has 0 aromatic carbocycles. The van der Waals surface area contributed by atoms with Gasteiger partial charge in [0, 0.05) is 0 Å². The molecule has 10 nitrogen and oxygen atoms in total. The highest BCUT2D eigenvalue weighted by Crippen LogP contribution is 2.84. The van der Waals surface area contributed by atoms with Crippen LogP contribution in [0.1, 0.15) is 34.1 Å². The normalized spacial score (nSPS) is 60.1. The molecule has 6 rings (SSSR count). The van der Waals surface area contributed by atoms with Gasteiger partial charge in [-0.15, -0.1) is 0 Å². The van der Waals surface area contributed by atoms with Gasteiger partial charge in [0.25, 0.3) is 0 Å². The van der Waals surface area contributed by atoms with Gasteiger partial charge >= 0.3 is 17.9 Å². The maximum Gasteiger partial charge on any atom is 0.343 e. The number of aliphatic hydroxyl groups is 3. The van der Waals surface area contributed by atoms with Gasteiger partial charge in [0.15, 0.2) is 17.8 Å². The molecule has 2 saturated carbocycles. The second kappa shape index (κ2) is 4.69. The van der Waals surface area contributed by atoms with Crippen molar-refractivity contribution in [3.8, 4) is 0 Å². The second-order valence-corrected chi connectivity index (χ2v) is 10.7. The van der Waals surface area contributed by atoms with Gasteiger partial charge in [-0.1, -0.05) is 20.8 Å². The molecule has 11 atom stereocenters. The number of aliphatic hydroxyl groups excluding tert-OH is 2. The fraction of sp³-hybridized carbons (Fsp3) is 0.850. The molecule has 4 aliphatic heterocycles. The van der Waals surface area contributed by atoms with Crippen LogP contribution in [-0.4, -0.2) is 75.1 Å². The Balaban J connectivity index is 1.72. The van der Waals surface area contributed by atoms with Crippen molar-refractivity contribution in [2.24, 2.45) is 28.1 Å².